The molecule has 0 saturated heterocycles. The Morgan fingerprint density at radius 2 is 1.50 bits per heavy atom. The van der Waals surface area contributed by atoms with Gasteiger partial charge in [-0.3, -0.25) is 0 Å². The van der Waals surface area contributed by atoms with Gasteiger partial charge in [0.1, 0.15) is 9.45 Å². The smallest absolute Gasteiger partial charge is 0.406 e. The third-order valence-electron chi connectivity index (χ3n) is 2.59. The van der Waals surface area contributed by atoms with Gasteiger partial charge in [0.25, 0.3) is 0 Å². The maximum atomic E-state index is 13.0. The van der Waals surface area contributed by atoms with Crippen molar-refractivity contribution >= 4 is 22.6 Å². The molecular formula is C13H6F6INO. The summed E-state index contributed by atoms with van der Waals surface area (Å²) in [6.07, 6.45) is -8.43. The molecule has 0 unspecified atom stereocenters. The molecule has 0 aliphatic carbocycles. The quantitative estimate of drug-likeness (QED) is 0.366. The van der Waals surface area contributed by atoms with Crippen molar-refractivity contribution in [3.8, 4) is 16.9 Å². The van der Waals surface area contributed by atoms with Crippen molar-refractivity contribution in [2.24, 2.45) is 0 Å². The van der Waals surface area contributed by atoms with Crippen LogP contribution in [-0.2, 0) is 6.18 Å². The van der Waals surface area contributed by atoms with Gasteiger partial charge in [-0.2, -0.15) is 13.2 Å². The summed E-state index contributed by atoms with van der Waals surface area (Å²) in [7, 11) is 0. The van der Waals surface area contributed by atoms with Crippen LogP contribution in [0.25, 0.3) is 11.1 Å². The van der Waals surface area contributed by atoms with Crippen molar-refractivity contribution in [2.45, 2.75) is 12.5 Å². The summed E-state index contributed by atoms with van der Waals surface area (Å²) in [5.74, 6) is -0.510. The molecule has 2 aromatic rings. The Hall–Kier alpha value is -1.52. The van der Waals surface area contributed by atoms with Gasteiger partial charge in [0, 0.05) is 11.8 Å². The van der Waals surface area contributed by atoms with Gasteiger partial charge in [0.05, 0.1) is 5.56 Å². The number of halogens is 7. The number of hydrogen-bond donors (Lipinski definition) is 0. The summed E-state index contributed by atoms with van der Waals surface area (Å²) in [6, 6.07) is 4.96. The molecule has 22 heavy (non-hydrogen) atoms. The highest BCUT2D eigenvalue weighted by molar-refractivity contribution is 14.1. The lowest BCUT2D eigenvalue weighted by molar-refractivity contribution is -0.274. The molecule has 0 spiro atoms. The molecule has 1 aromatic heterocycles. The van der Waals surface area contributed by atoms with Crippen molar-refractivity contribution < 1.29 is 31.1 Å². The van der Waals surface area contributed by atoms with Crippen molar-refractivity contribution in [2.75, 3.05) is 0 Å². The SMILES string of the molecule is FC(F)(F)Oc1ccc(-c2c(C(F)(F)F)ccnc2I)cc1. The number of rotatable bonds is 2. The first-order valence-electron chi connectivity index (χ1n) is 5.66. The highest BCUT2D eigenvalue weighted by Gasteiger charge is 2.35. The van der Waals surface area contributed by atoms with Gasteiger partial charge < -0.3 is 4.74 Å². The normalized spacial score (nSPS) is 12.3. The summed E-state index contributed by atoms with van der Waals surface area (Å²) in [5.41, 5.74) is -0.995. The lowest BCUT2D eigenvalue weighted by Gasteiger charge is -2.14. The van der Waals surface area contributed by atoms with Crippen LogP contribution in [-0.4, -0.2) is 11.3 Å². The van der Waals surface area contributed by atoms with E-state index in [1.807, 2.05) is 0 Å². The predicted octanol–water partition coefficient (Wildman–Crippen LogP) is 5.27. The van der Waals surface area contributed by atoms with Gasteiger partial charge >= 0.3 is 12.5 Å². The number of nitrogens with zero attached hydrogens (tertiary/aromatic N) is 1. The maximum Gasteiger partial charge on any atom is 0.573 e. The van der Waals surface area contributed by atoms with E-state index in [-0.39, 0.29) is 14.8 Å². The third-order valence-corrected chi connectivity index (χ3v) is 3.40. The lowest BCUT2D eigenvalue weighted by atomic mass is 10.0. The van der Waals surface area contributed by atoms with Crippen LogP contribution in [0.5, 0.6) is 5.75 Å². The van der Waals surface area contributed by atoms with Gasteiger partial charge in [-0.05, 0) is 46.4 Å². The van der Waals surface area contributed by atoms with E-state index in [4.69, 9.17) is 0 Å². The Labute approximate surface area is 134 Å². The Balaban J connectivity index is 2.45. The second-order valence-corrected chi connectivity index (χ2v) is 5.12. The van der Waals surface area contributed by atoms with E-state index in [1.54, 1.807) is 22.6 Å². The Morgan fingerprint density at radius 3 is 2.00 bits per heavy atom. The minimum atomic E-state index is -4.86. The zero-order valence-electron chi connectivity index (χ0n) is 10.5. The fourth-order valence-electron chi connectivity index (χ4n) is 1.77. The van der Waals surface area contributed by atoms with E-state index in [1.165, 1.54) is 0 Å². The molecule has 0 radical (unpaired) electrons. The van der Waals surface area contributed by atoms with Crippen LogP contribution in [0.4, 0.5) is 26.3 Å². The molecule has 0 aliphatic rings. The number of benzene rings is 1. The number of alkyl halides is 6. The minimum Gasteiger partial charge on any atom is -0.406 e. The standard InChI is InChI=1S/C13H6F6INO/c14-12(15,16)9-5-6-21-11(20)10(9)7-1-3-8(4-2-7)22-13(17,18)19/h1-6H. The molecule has 0 aliphatic heterocycles. The molecule has 0 saturated carbocycles. The lowest BCUT2D eigenvalue weighted by Crippen LogP contribution is -2.17. The zero-order chi connectivity index (χ0) is 16.5. The highest BCUT2D eigenvalue weighted by Crippen LogP contribution is 2.39. The van der Waals surface area contributed by atoms with Crippen molar-refractivity contribution in [3.05, 3.63) is 45.8 Å². The van der Waals surface area contributed by atoms with Crippen LogP contribution < -0.4 is 4.74 Å². The first kappa shape index (κ1) is 16.8. The van der Waals surface area contributed by atoms with E-state index >= 15 is 0 Å². The second-order valence-electron chi connectivity index (χ2n) is 4.09. The first-order chi connectivity index (χ1) is 10.1. The van der Waals surface area contributed by atoms with Crippen LogP contribution in [0.1, 0.15) is 5.56 Å². The molecule has 2 rings (SSSR count). The molecule has 1 heterocycles. The summed E-state index contributed by atoms with van der Waals surface area (Å²) in [4.78, 5) is 3.79. The Bertz CT molecular complexity index is 666. The molecule has 0 atom stereocenters. The number of aromatic nitrogens is 1. The first-order valence-corrected chi connectivity index (χ1v) is 6.74. The fourth-order valence-corrected chi connectivity index (χ4v) is 2.53. The molecule has 2 nitrogen and oxygen atoms in total. The van der Waals surface area contributed by atoms with Crippen molar-refractivity contribution in [1.29, 1.82) is 0 Å². The van der Waals surface area contributed by atoms with Gasteiger partial charge in [-0.25, -0.2) is 4.98 Å². The number of hydrogen-bond acceptors (Lipinski definition) is 2. The van der Waals surface area contributed by atoms with E-state index in [9.17, 15) is 26.3 Å². The molecule has 0 N–H and O–H groups in total. The number of ether oxygens (including phenoxy) is 1. The van der Waals surface area contributed by atoms with E-state index in [0.29, 0.717) is 0 Å². The Kier molecular flexibility index (Phi) is 4.54. The van der Waals surface area contributed by atoms with E-state index < -0.39 is 23.9 Å². The molecule has 0 amide bonds. The van der Waals surface area contributed by atoms with Gasteiger partial charge in [-0.1, -0.05) is 12.1 Å². The second kappa shape index (κ2) is 5.94. The number of pyridine rings is 1. The topological polar surface area (TPSA) is 22.1 Å². The molecule has 9 heteroatoms. The minimum absolute atomic E-state index is 0.0944. The summed E-state index contributed by atoms with van der Waals surface area (Å²) < 4.78 is 79.0. The van der Waals surface area contributed by atoms with Gasteiger partial charge in [0.2, 0.25) is 0 Å². The van der Waals surface area contributed by atoms with Crippen LogP contribution >= 0.6 is 22.6 Å². The molecule has 0 bridgehead atoms. The molecule has 0 fully saturated rings. The van der Waals surface area contributed by atoms with Gasteiger partial charge in [0.15, 0.2) is 0 Å². The summed E-state index contributed by atoms with van der Waals surface area (Å²) in [6.45, 7) is 0. The molecule has 1 aromatic carbocycles. The summed E-state index contributed by atoms with van der Waals surface area (Å²) in [5, 5.41) is 0. The fraction of sp³-hybridized carbons (Fsp3) is 0.154. The largest absolute Gasteiger partial charge is 0.573 e. The zero-order valence-corrected chi connectivity index (χ0v) is 12.6. The van der Waals surface area contributed by atoms with Crippen LogP contribution in [0, 0.1) is 3.70 Å². The highest BCUT2D eigenvalue weighted by atomic mass is 127. The van der Waals surface area contributed by atoms with Crippen LogP contribution in [0.3, 0.4) is 0 Å². The third kappa shape index (κ3) is 4.02. The maximum absolute atomic E-state index is 13.0. The van der Waals surface area contributed by atoms with Crippen molar-refractivity contribution in [3.63, 3.8) is 0 Å². The van der Waals surface area contributed by atoms with Crippen LogP contribution in [0.15, 0.2) is 36.5 Å². The van der Waals surface area contributed by atoms with Crippen LogP contribution in [0.2, 0.25) is 0 Å². The average molecular weight is 433 g/mol. The predicted molar refractivity (Wildman–Crippen MR) is 74.1 cm³/mol. The monoisotopic (exact) mass is 433 g/mol. The van der Waals surface area contributed by atoms with E-state index in [0.717, 1.165) is 36.5 Å². The van der Waals surface area contributed by atoms with Gasteiger partial charge in [-0.15, -0.1) is 13.2 Å². The average Bonchev–Trinajstić information content (AvgIpc) is 2.37. The van der Waals surface area contributed by atoms with Crippen molar-refractivity contribution in [1.82, 2.24) is 4.98 Å². The molecule has 118 valence electrons. The molecular weight excluding hydrogens is 427 g/mol. The van der Waals surface area contributed by atoms with E-state index in [2.05, 4.69) is 9.72 Å². The summed E-state index contributed by atoms with van der Waals surface area (Å²) >= 11 is 1.64. The Morgan fingerprint density at radius 1 is 0.909 bits per heavy atom.